The summed E-state index contributed by atoms with van der Waals surface area (Å²) in [7, 11) is 3.48. The molecule has 0 rings (SSSR count). The summed E-state index contributed by atoms with van der Waals surface area (Å²) in [4.78, 5) is 11.3. The molecule has 0 aromatic carbocycles. The monoisotopic (exact) mass is 210 g/mol. The Hall–Kier alpha value is -1.09. The minimum atomic E-state index is -0.0571. The first-order chi connectivity index (χ1) is 7.26. The second-order valence-electron chi connectivity index (χ2n) is 3.40. The van der Waals surface area contributed by atoms with Gasteiger partial charge >= 0.3 is 0 Å². The van der Waals surface area contributed by atoms with Gasteiger partial charge in [0.15, 0.2) is 0 Å². The van der Waals surface area contributed by atoms with Crippen molar-refractivity contribution >= 4 is 5.91 Å². The highest BCUT2D eigenvalue weighted by atomic mass is 16.2. The Kier molecular flexibility index (Phi) is 8.78. The summed E-state index contributed by atoms with van der Waals surface area (Å²) in [6, 6.07) is -0.0571. The maximum atomic E-state index is 11.3. The molecule has 2 N–H and O–H groups in total. The smallest absolute Gasteiger partial charge is 0.236 e. The van der Waals surface area contributed by atoms with Gasteiger partial charge in [-0.3, -0.25) is 4.79 Å². The van der Waals surface area contributed by atoms with E-state index in [1.807, 2.05) is 13.1 Å². The molecule has 0 aliphatic rings. The molecule has 0 bridgehead atoms. The summed E-state index contributed by atoms with van der Waals surface area (Å²) >= 11 is 0. The van der Waals surface area contributed by atoms with Crippen LogP contribution in [0.1, 0.15) is 25.7 Å². The highest BCUT2D eigenvalue weighted by Crippen LogP contribution is 2.04. The molecule has 1 atom stereocenters. The van der Waals surface area contributed by atoms with Crippen LogP contribution in [0.15, 0.2) is 24.8 Å². The Labute approximate surface area is 92.6 Å². The first kappa shape index (κ1) is 13.9. The number of allylic oxidation sites excluding steroid dienone is 3. The molecule has 0 aliphatic carbocycles. The Bertz CT molecular complexity index is 212. The number of likely N-dealkylation sites (N-methyl/N-ethyl adjacent to an activating group) is 2. The molecule has 15 heavy (non-hydrogen) atoms. The van der Waals surface area contributed by atoms with Gasteiger partial charge in [0.2, 0.25) is 5.91 Å². The number of carbonyl (C=O) groups excluding carboxylic acids is 1. The van der Waals surface area contributed by atoms with Gasteiger partial charge in [0.05, 0.1) is 6.04 Å². The standard InChI is InChI=1S/C12H22N2O/c1-4-5-6-7-8-9-10-11(13-2)12(15)14-3/h4-6,11,13H,1,7-10H2,2-3H3,(H,14,15)/b6-5-/t11-/m0/s1. The van der Waals surface area contributed by atoms with Crippen molar-refractivity contribution in [3.8, 4) is 0 Å². The Morgan fingerprint density at radius 2 is 2.13 bits per heavy atom. The van der Waals surface area contributed by atoms with Crippen LogP contribution >= 0.6 is 0 Å². The predicted molar refractivity (Wildman–Crippen MR) is 64.7 cm³/mol. The molecule has 3 heteroatoms. The quantitative estimate of drug-likeness (QED) is 0.472. The van der Waals surface area contributed by atoms with Crippen LogP contribution in [0.25, 0.3) is 0 Å². The normalized spacial score (nSPS) is 12.7. The van der Waals surface area contributed by atoms with Crippen LogP contribution in [-0.2, 0) is 4.79 Å². The molecule has 0 spiro atoms. The Morgan fingerprint density at radius 1 is 1.40 bits per heavy atom. The number of amides is 1. The molecule has 0 saturated carbocycles. The SMILES string of the molecule is C=C/C=C\CCCC[C@H](NC)C(=O)NC. The fraction of sp³-hybridized carbons (Fsp3) is 0.583. The van der Waals surface area contributed by atoms with Gasteiger partial charge in [-0.2, -0.15) is 0 Å². The maximum absolute atomic E-state index is 11.3. The van der Waals surface area contributed by atoms with E-state index in [1.54, 1.807) is 13.1 Å². The maximum Gasteiger partial charge on any atom is 0.236 e. The molecule has 0 heterocycles. The molecule has 3 nitrogen and oxygen atoms in total. The van der Waals surface area contributed by atoms with Gasteiger partial charge in [0.1, 0.15) is 0 Å². The molecular formula is C12H22N2O. The first-order valence-electron chi connectivity index (χ1n) is 5.42. The second kappa shape index (κ2) is 9.46. The lowest BCUT2D eigenvalue weighted by Gasteiger charge is -2.13. The lowest BCUT2D eigenvalue weighted by Crippen LogP contribution is -2.40. The van der Waals surface area contributed by atoms with Gasteiger partial charge in [-0.1, -0.05) is 31.2 Å². The van der Waals surface area contributed by atoms with Gasteiger partial charge in [-0.05, 0) is 26.3 Å². The molecule has 0 aliphatic heterocycles. The van der Waals surface area contributed by atoms with Crippen LogP contribution in [0.3, 0.4) is 0 Å². The van der Waals surface area contributed by atoms with Crippen LogP contribution < -0.4 is 10.6 Å². The van der Waals surface area contributed by atoms with Crippen LogP contribution in [-0.4, -0.2) is 26.0 Å². The number of nitrogens with one attached hydrogen (secondary N) is 2. The summed E-state index contributed by atoms with van der Waals surface area (Å²) in [5, 5.41) is 5.66. The Morgan fingerprint density at radius 3 is 2.67 bits per heavy atom. The molecule has 0 aromatic rings. The molecule has 0 saturated heterocycles. The van der Waals surface area contributed by atoms with Crippen LogP contribution in [0.5, 0.6) is 0 Å². The third kappa shape index (κ3) is 6.91. The van der Waals surface area contributed by atoms with Crippen molar-refractivity contribution in [2.24, 2.45) is 0 Å². The van der Waals surface area contributed by atoms with E-state index in [1.165, 1.54) is 0 Å². The number of carbonyl (C=O) groups is 1. The van der Waals surface area contributed by atoms with Crippen LogP contribution in [0.2, 0.25) is 0 Å². The Balaban J connectivity index is 3.59. The van der Waals surface area contributed by atoms with E-state index in [-0.39, 0.29) is 11.9 Å². The van der Waals surface area contributed by atoms with Crippen molar-refractivity contribution in [3.63, 3.8) is 0 Å². The fourth-order valence-corrected chi connectivity index (χ4v) is 1.38. The summed E-state index contributed by atoms with van der Waals surface area (Å²) in [5.41, 5.74) is 0. The number of hydrogen-bond acceptors (Lipinski definition) is 2. The molecule has 0 fully saturated rings. The van der Waals surface area contributed by atoms with E-state index in [2.05, 4.69) is 23.3 Å². The van der Waals surface area contributed by atoms with Gasteiger partial charge in [-0.15, -0.1) is 0 Å². The van der Waals surface area contributed by atoms with Crippen molar-refractivity contribution in [1.82, 2.24) is 10.6 Å². The number of hydrogen-bond donors (Lipinski definition) is 2. The average Bonchev–Trinajstić information content (AvgIpc) is 2.27. The van der Waals surface area contributed by atoms with E-state index in [0.717, 1.165) is 25.7 Å². The summed E-state index contributed by atoms with van der Waals surface area (Å²) in [5.74, 6) is 0.0686. The molecular weight excluding hydrogens is 188 g/mol. The number of rotatable bonds is 8. The highest BCUT2D eigenvalue weighted by molar-refractivity contribution is 5.81. The van der Waals surface area contributed by atoms with Crippen molar-refractivity contribution in [2.75, 3.05) is 14.1 Å². The molecule has 1 amide bonds. The van der Waals surface area contributed by atoms with Crippen LogP contribution in [0.4, 0.5) is 0 Å². The molecule has 86 valence electrons. The first-order valence-corrected chi connectivity index (χ1v) is 5.42. The zero-order valence-electron chi connectivity index (χ0n) is 9.75. The minimum Gasteiger partial charge on any atom is -0.358 e. The molecule has 0 radical (unpaired) electrons. The van der Waals surface area contributed by atoms with Crippen molar-refractivity contribution in [2.45, 2.75) is 31.7 Å². The summed E-state index contributed by atoms with van der Waals surface area (Å²) in [6.07, 6.45) is 9.94. The van der Waals surface area contributed by atoms with E-state index in [4.69, 9.17) is 0 Å². The lowest BCUT2D eigenvalue weighted by molar-refractivity contribution is -0.122. The van der Waals surface area contributed by atoms with Gasteiger partial charge in [0, 0.05) is 7.05 Å². The van der Waals surface area contributed by atoms with E-state index in [9.17, 15) is 4.79 Å². The fourth-order valence-electron chi connectivity index (χ4n) is 1.38. The van der Waals surface area contributed by atoms with Crippen molar-refractivity contribution in [1.29, 1.82) is 0 Å². The second-order valence-corrected chi connectivity index (χ2v) is 3.40. The summed E-state index contributed by atoms with van der Waals surface area (Å²) < 4.78 is 0. The number of unbranched alkanes of at least 4 members (excludes halogenated alkanes) is 2. The lowest BCUT2D eigenvalue weighted by atomic mass is 10.1. The zero-order chi connectivity index (χ0) is 11.5. The van der Waals surface area contributed by atoms with E-state index < -0.39 is 0 Å². The summed E-state index contributed by atoms with van der Waals surface area (Å²) in [6.45, 7) is 3.60. The topological polar surface area (TPSA) is 41.1 Å². The van der Waals surface area contributed by atoms with E-state index in [0.29, 0.717) is 0 Å². The third-order valence-electron chi connectivity index (χ3n) is 2.30. The minimum absolute atomic E-state index is 0.0571. The molecule has 0 unspecified atom stereocenters. The van der Waals surface area contributed by atoms with Gasteiger partial charge in [-0.25, -0.2) is 0 Å². The van der Waals surface area contributed by atoms with Crippen molar-refractivity contribution in [3.05, 3.63) is 24.8 Å². The largest absolute Gasteiger partial charge is 0.358 e. The third-order valence-corrected chi connectivity index (χ3v) is 2.30. The molecule has 0 aromatic heterocycles. The average molecular weight is 210 g/mol. The van der Waals surface area contributed by atoms with Crippen LogP contribution in [0, 0.1) is 0 Å². The zero-order valence-corrected chi connectivity index (χ0v) is 9.75. The van der Waals surface area contributed by atoms with Gasteiger partial charge < -0.3 is 10.6 Å². The van der Waals surface area contributed by atoms with E-state index >= 15 is 0 Å². The van der Waals surface area contributed by atoms with Crippen molar-refractivity contribution < 1.29 is 4.79 Å². The van der Waals surface area contributed by atoms with Gasteiger partial charge in [0.25, 0.3) is 0 Å². The predicted octanol–water partition coefficient (Wildman–Crippen LogP) is 1.62. The highest BCUT2D eigenvalue weighted by Gasteiger charge is 2.12.